The fourth-order valence-corrected chi connectivity index (χ4v) is 3.24. The lowest BCUT2D eigenvalue weighted by Crippen LogP contribution is -2.38. The Morgan fingerprint density at radius 3 is 2.40 bits per heavy atom. The van der Waals surface area contributed by atoms with Crippen molar-refractivity contribution < 1.29 is 19.4 Å². The zero-order chi connectivity index (χ0) is 22.1. The van der Waals surface area contributed by atoms with E-state index in [1.165, 1.54) is 19.9 Å². The molecule has 3 rings (SSSR count). The van der Waals surface area contributed by atoms with Crippen molar-refractivity contribution in [1.82, 2.24) is 5.01 Å². The van der Waals surface area contributed by atoms with E-state index in [1.807, 2.05) is 56.3 Å². The molecule has 0 spiro atoms. The minimum Gasteiger partial charge on any atom is -0.478 e. The van der Waals surface area contributed by atoms with Gasteiger partial charge in [0.25, 0.3) is 0 Å². The van der Waals surface area contributed by atoms with Crippen molar-refractivity contribution in [2.75, 3.05) is 12.5 Å². The third-order valence-corrected chi connectivity index (χ3v) is 4.94. The van der Waals surface area contributed by atoms with E-state index in [1.54, 1.807) is 18.1 Å². The molecule has 30 heavy (non-hydrogen) atoms. The van der Waals surface area contributed by atoms with E-state index in [9.17, 15) is 14.7 Å². The molecule has 2 N–H and O–H groups in total. The number of anilines is 1. The van der Waals surface area contributed by atoms with Gasteiger partial charge in [0.15, 0.2) is 5.60 Å². The van der Waals surface area contributed by atoms with Crippen molar-refractivity contribution in [3.05, 3.63) is 70.4 Å². The number of carbonyl (C=O) groups excluding carboxylic acids is 1. The molecule has 6 heteroatoms. The molecule has 6 nitrogen and oxygen atoms in total. The van der Waals surface area contributed by atoms with Crippen LogP contribution in [0.5, 0.6) is 5.75 Å². The topological polar surface area (TPSA) is 78.9 Å². The van der Waals surface area contributed by atoms with Gasteiger partial charge in [-0.05, 0) is 74.7 Å². The number of carboxylic acids is 1. The third kappa shape index (κ3) is 4.38. The van der Waals surface area contributed by atoms with Gasteiger partial charge in [0.05, 0.1) is 5.69 Å². The van der Waals surface area contributed by atoms with Gasteiger partial charge in [-0.2, -0.15) is 0 Å². The number of carboxylic acid groups (broad SMARTS) is 1. The number of aliphatic carboxylic acids is 1. The molecule has 2 aromatic carbocycles. The van der Waals surface area contributed by atoms with Crippen molar-refractivity contribution in [2.45, 2.75) is 33.3 Å². The van der Waals surface area contributed by atoms with E-state index in [-0.39, 0.29) is 5.78 Å². The van der Waals surface area contributed by atoms with Crippen LogP contribution < -0.4 is 10.2 Å². The van der Waals surface area contributed by atoms with E-state index >= 15 is 0 Å². The predicted molar refractivity (Wildman–Crippen MR) is 118 cm³/mol. The highest BCUT2D eigenvalue weighted by atomic mass is 16.5. The summed E-state index contributed by atoms with van der Waals surface area (Å²) in [5.74, 6) is -0.612. The van der Waals surface area contributed by atoms with Crippen LogP contribution in [-0.4, -0.2) is 34.5 Å². The van der Waals surface area contributed by atoms with Crippen molar-refractivity contribution in [3.8, 4) is 5.75 Å². The SMILES string of the molecule is Cc1cc(/C=C/C(=O)C2=Cc3ccccc3NN2C)cc(C)c1OC(C)(C)C(=O)O. The molecular weight excluding hydrogens is 380 g/mol. The number of ketones is 1. The van der Waals surface area contributed by atoms with Gasteiger partial charge in [0, 0.05) is 12.6 Å². The molecule has 0 saturated carbocycles. The molecule has 0 atom stereocenters. The summed E-state index contributed by atoms with van der Waals surface area (Å²) in [4.78, 5) is 24.1. The van der Waals surface area contributed by atoms with Crippen molar-refractivity contribution in [2.24, 2.45) is 0 Å². The fourth-order valence-electron chi connectivity index (χ4n) is 3.24. The molecule has 0 radical (unpaired) electrons. The highest BCUT2D eigenvalue weighted by molar-refractivity contribution is 6.09. The standard InChI is InChI=1S/C24H26N2O4/c1-15-12-17(13-16(2)22(15)30-24(3,4)23(28)29)10-11-21(27)20-14-18-8-6-7-9-19(18)25-26(20)5/h6-14,25H,1-5H3,(H,28,29)/b11-10+. The molecule has 1 aliphatic rings. The number of para-hydroxylation sites is 1. The Morgan fingerprint density at radius 1 is 1.13 bits per heavy atom. The van der Waals surface area contributed by atoms with Gasteiger partial charge in [-0.25, -0.2) is 4.79 Å². The van der Waals surface area contributed by atoms with Crippen LogP contribution in [0.1, 0.15) is 36.1 Å². The number of hydrazine groups is 1. The van der Waals surface area contributed by atoms with Crippen molar-refractivity contribution >= 4 is 29.6 Å². The maximum atomic E-state index is 12.8. The molecule has 0 saturated heterocycles. The maximum absolute atomic E-state index is 12.8. The number of likely N-dealkylation sites (N-methyl/N-ethyl adjacent to an activating group) is 1. The zero-order valence-corrected chi connectivity index (χ0v) is 17.8. The van der Waals surface area contributed by atoms with Gasteiger partial charge in [-0.1, -0.05) is 24.3 Å². The monoisotopic (exact) mass is 406 g/mol. The minimum absolute atomic E-state index is 0.123. The van der Waals surface area contributed by atoms with E-state index in [0.717, 1.165) is 27.9 Å². The number of nitrogens with one attached hydrogen (secondary N) is 1. The second-order valence-electron chi connectivity index (χ2n) is 7.89. The van der Waals surface area contributed by atoms with Crippen LogP contribution in [0.2, 0.25) is 0 Å². The van der Waals surface area contributed by atoms with Gasteiger partial charge < -0.3 is 9.84 Å². The highest BCUT2D eigenvalue weighted by Crippen LogP contribution is 2.30. The van der Waals surface area contributed by atoms with Gasteiger partial charge >= 0.3 is 5.97 Å². The lowest BCUT2D eigenvalue weighted by Gasteiger charge is -2.28. The number of ether oxygens (including phenoxy) is 1. The van der Waals surface area contributed by atoms with E-state index in [4.69, 9.17) is 4.74 Å². The maximum Gasteiger partial charge on any atom is 0.347 e. The summed E-state index contributed by atoms with van der Waals surface area (Å²) in [5.41, 5.74) is 6.77. The average molecular weight is 406 g/mol. The summed E-state index contributed by atoms with van der Waals surface area (Å²) >= 11 is 0. The number of benzene rings is 2. The molecule has 0 aromatic heterocycles. The summed E-state index contributed by atoms with van der Waals surface area (Å²) in [6.45, 7) is 6.75. The first-order valence-corrected chi connectivity index (χ1v) is 9.65. The summed E-state index contributed by atoms with van der Waals surface area (Å²) in [6.07, 6.45) is 5.15. The second-order valence-corrected chi connectivity index (χ2v) is 7.89. The van der Waals surface area contributed by atoms with E-state index < -0.39 is 11.6 Å². The first-order valence-electron chi connectivity index (χ1n) is 9.65. The Hall–Kier alpha value is -3.54. The van der Waals surface area contributed by atoms with E-state index in [2.05, 4.69) is 5.43 Å². The molecule has 0 unspecified atom stereocenters. The smallest absolute Gasteiger partial charge is 0.347 e. The van der Waals surface area contributed by atoms with Crippen molar-refractivity contribution in [3.63, 3.8) is 0 Å². The molecule has 1 aliphatic heterocycles. The van der Waals surface area contributed by atoms with Crippen molar-refractivity contribution in [1.29, 1.82) is 0 Å². The number of aryl methyl sites for hydroxylation is 2. The zero-order valence-electron chi connectivity index (χ0n) is 17.8. The van der Waals surface area contributed by atoms with Crippen LogP contribution in [0.25, 0.3) is 12.2 Å². The normalized spacial score (nSPS) is 13.5. The van der Waals surface area contributed by atoms with Crippen LogP contribution in [-0.2, 0) is 9.59 Å². The molecule has 2 aromatic rings. The molecule has 1 heterocycles. The first-order chi connectivity index (χ1) is 14.1. The first kappa shape index (κ1) is 21.2. The van der Waals surface area contributed by atoms with Crippen LogP contribution in [0.15, 0.2) is 48.2 Å². The van der Waals surface area contributed by atoms with Gasteiger partial charge in [0.1, 0.15) is 11.4 Å². The van der Waals surface area contributed by atoms with Gasteiger partial charge in [-0.3, -0.25) is 15.2 Å². The van der Waals surface area contributed by atoms with Gasteiger partial charge in [-0.15, -0.1) is 0 Å². The van der Waals surface area contributed by atoms with Crippen LogP contribution in [0, 0.1) is 13.8 Å². The number of rotatable bonds is 6. The van der Waals surface area contributed by atoms with Gasteiger partial charge in [0.2, 0.25) is 5.78 Å². The largest absolute Gasteiger partial charge is 0.478 e. The molecule has 0 fully saturated rings. The predicted octanol–water partition coefficient (Wildman–Crippen LogP) is 4.44. The fraction of sp³-hybridized carbons (Fsp3) is 0.250. The Bertz CT molecular complexity index is 1040. The third-order valence-electron chi connectivity index (χ3n) is 4.94. The Kier molecular flexibility index (Phi) is 5.69. The highest BCUT2D eigenvalue weighted by Gasteiger charge is 2.30. The quantitative estimate of drug-likeness (QED) is 0.691. The Morgan fingerprint density at radius 2 is 1.77 bits per heavy atom. The number of carbonyl (C=O) groups is 2. The van der Waals surface area contributed by atoms with Crippen LogP contribution in [0.3, 0.4) is 0 Å². The minimum atomic E-state index is -1.33. The molecule has 0 bridgehead atoms. The lowest BCUT2D eigenvalue weighted by atomic mass is 10.0. The number of hydrogen-bond acceptors (Lipinski definition) is 5. The summed E-state index contributed by atoms with van der Waals surface area (Å²) < 4.78 is 5.73. The molecule has 0 amide bonds. The Balaban J connectivity index is 1.82. The molecular formula is C24H26N2O4. The summed E-state index contributed by atoms with van der Waals surface area (Å²) in [5, 5.41) is 11.0. The van der Waals surface area contributed by atoms with E-state index in [0.29, 0.717) is 11.4 Å². The second kappa shape index (κ2) is 8.06. The Labute approximate surface area is 176 Å². The van der Waals surface area contributed by atoms with Crippen LogP contribution >= 0.6 is 0 Å². The lowest BCUT2D eigenvalue weighted by molar-refractivity contribution is -0.152. The number of allylic oxidation sites excluding steroid dienone is 1. The summed E-state index contributed by atoms with van der Waals surface area (Å²) in [7, 11) is 1.80. The number of fused-ring (bicyclic) bond motifs is 1. The molecule has 156 valence electrons. The number of hydrogen-bond donors (Lipinski definition) is 2. The average Bonchev–Trinajstić information content (AvgIpc) is 2.68. The number of nitrogens with zero attached hydrogens (tertiary/aromatic N) is 1. The summed E-state index contributed by atoms with van der Waals surface area (Å²) in [6, 6.07) is 11.5. The van der Waals surface area contributed by atoms with Crippen LogP contribution in [0.4, 0.5) is 5.69 Å². The molecule has 0 aliphatic carbocycles.